The highest BCUT2D eigenvalue weighted by Crippen LogP contribution is 2.52. The molecule has 0 amide bonds. The summed E-state index contributed by atoms with van der Waals surface area (Å²) in [5.41, 5.74) is 5.26. The first-order chi connectivity index (χ1) is 13.2. The molecule has 0 aromatic heterocycles. The number of nitrogens with zero attached hydrogens (tertiary/aromatic N) is 2. The average Bonchev–Trinajstić information content (AvgIpc) is 2.60. The summed E-state index contributed by atoms with van der Waals surface area (Å²) in [6.45, 7) is 4.93. The van der Waals surface area contributed by atoms with Gasteiger partial charge in [0.15, 0.2) is 5.84 Å². The Kier molecular flexibility index (Phi) is 7.10. The van der Waals surface area contributed by atoms with Gasteiger partial charge in [-0.2, -0.15) is 0 Å². The quantitative estimate of drug-likeness (QED) is 0.411. The fraction of sp³-hybridized carbons (Fsp3) is 0.789. The van der Waals surface area contributed by atoms with E-state index in [0.29, 0.717) is 25.3 Å². The summed E-state index contributed by atoms with van der Waals surface area (Å²) in [5, 5.41) is 27.8. The van der Waals surface area contributed by atoms with Gasteiger partial charge in [-0.3, -0.25) is 15.3 Å². The Labute approximate surface area is 176 Å². The number of nitrogens with one attached hydrogen (secondary N) is 2. The fourth-order valence-corrected chi connectivity index (χ4v) is 5.69. The number of hydrogen-bond donors (Lipinski definition) is 5. The smallest absolute Gasteiger partial charge is 0.154 e. The summed E-state index contributed by atoms with van der Waals surface area (Å²) in [6.07, 6.45) is 2.28. The van der Waals surface area contributed by atoms with Crippen LogP contribution in [0.25, 0.3) is 0 Å². The minimum absolute atomic E-state index is 0.0923. The van der Waals surface area contributed by atoms with Crippen LogP contribution in [-0.4, -0.2) is 58.7 Å². The lowest BCUT2D eigenvalue weighted by Crippen LogP contribution is -2.55. The van der Waals surface area contributed by atoms with Gasteiger partial charge in [0.25, 0.3) is 0 Å². The van der Waals surface area contributed by atoms with Crippen molar-refractivity contribution in [1.29, 1.82) is 0 Å². The zero-order valence-corrected chi connectivity index (χ0v) is 18.4. The SMILES string of the molecule is CN=C1NC(C)(C)CN=C1SC1=C(Cl)[C@@H]2C(CC1)CC2NC(O)CCC(N)O. The van der Waals surface area contributed by atoms with Crippen LogP contribution >= 0.6 is 23.4 Å². The molecule has 0 aromatic rings. The second-order valence-corrected chi connectivity index (χ2v) is 10.1. The first-order valence-electron chi connectivity index (χ1n) is 9.94. The molecule has 0 bridgehead atoms. The predicted octanol–water partition coefficient (Wildman–Crippen LogP) is 1.74. The Morgan fingerprint density at radius 3 is 2.86 bits per heavy atom. The number of halogens is 1. The molecule has 5 atom stereocenters. The molecular weight excluding hydrogens is 398 g/mol. The number of amidine groups is 1. The molecule has 0 saturated heterocycles. The van der Waals surface area contributed by atoms with E-state index in [1.807, 2.05) is 0 Å². The molecule has 4 unspecified atom stereocenters. The minimum atomic E-state index is -0.893. The molecule has 2 aliphatic carbocycles. The summed E-state index contributed by atoms with van der Waals surface area (Å²) in [4.78, 5) is 10.3. The zero-order chi connectivity index (χ0) is 20.5. The number of hydrogen-bond acceptors (Lipinski definition) is 7. The highest BCUT2D eigenvalue weighted by atomic mass is 35.5. The van der Waals surface area contributed by atoms with Crippen molar-refractivity contribution in [1.82, 2.24) is 10.6 Å². The van der Waals surface area contributed by atoms with Crippen molar-refractivity contribution in [3.63, 3.8) is 0 Å². The molecule has 28 heavy (non-hydrogen) atoms. The maximum absolute atomic E-state index is 10.2. The average molecular weight is 430 g/mol. The van der Waals surface area contributed by atoms with Gasteiger partial charge >= 0.3 is 0 Å². The Morgan fingerprint density at radius 2 is 2.18 bits per heavy atom. The third-order valence-corrected chi connectivity index (χ3v) is 7.44. The van der Waals surface area contributed by atoms with Crippen LogP contribution in [0.1, 0.15) is 46.0 Å². The first-order valence-corrected chi connectivity index (χ1v) is 11.1. The lowest BCUT2D eigenvalue weighted by atomic mass is 9.64. The van der Waals surface area contributed by atoms with E-state index in [1.165, 1.54) is 0 Å². The van der Waals surface area contributed by atoms with E-state index in [0.717, 1.165) is 40.1 Å². The maximum Gasteiger partial charge on any atom is 0.154 e. The van der Waals surface area contributed by atoms with Crippen molar-refractivity contribution in [2.45, 2.75) is 70.0 Å². The van der Waals surface area contributed by atoms with Gasteiger partial charge in [-0.25, -0.2) is 0 Å². The van der Waals surface area contributed by atoms with Gasteiger partial charge in [-0.05, 0) is 51.9 Å². The summed E-state index contributed by atoms with van der Waals surface area (Å²) >= 11 is 8.44. The van der Waals surface area contributed by atoms with Crippen LogP contribution in [0, 0.1) is 11.8 Å². The van der Waals surface area contributed by atoms with Gasteiger partial charge < -0.3 is 21.3 Å². The molecule has 7 nitrogen and oxygen atoms in total. The highest BCUT2D eigenvalue weighted by molar-refractivity contribution is 8.19. The molecule has 1 fully saturated rings. The summed E-state index contributed by atoms with van der Waals surface area (Å²) in [6, 6.07) is 0.156. The van der Waals surface area contributed by atoms with Crippen LogP contribution in [0.3, 0.4) is 0 Å². The highest BCUT2D eigenvalue weighted by Gasteiger charge is 2.46. The minimum Gasteiger partial charge on any atom is -0.379 e. The van der Waals surface area contributed by atoms with Gasteiger partial charge in [-0.1, -0.05) is 23.4 Å². The van der Waals surface area contributed by atoms with Crippen molar-refractivity contribution in [2.24, 2.45) is 27.6 Å². The Hall–Kier alpha value is -0.640. The molecule has 3 rings (SSSR count). The monoisotopic (exact) mass is 429 g/mol. The summed E-state index contributed by atoms with van der Waals surface area (Å²) in [5.74, 6) is 1.61. The third kappa shape index (κ3) is 5.09. The van der Waals surface area contributed by atoms with Crippen molar-refractivity contribution < 1.29 is 10.2 Å². The molecule has 0 aromatic carbocycles. The first kappa shape index (κ1) is 22.1. The molecule has 1 heterocycles. The Morgan fingerprint density at radius 1 is 1.43 bits per heavy atom. The second kappa shape index (κ2) is 9.02. The topological polar surface area (TPSA) is 115 Å². The van der Waals surface area contributed by atoms with Crippen LogP contribution in [0.4, 0.5) is 0 Å². The number of fused-ring (bicyclic) bond motifs is 1. The van der Waals surface area contributed by atoms with Gasteiger partial charge in [0, 0.05) is 28.9 Å². The van der Waals surface area contributed by atoms with E-state index in [1.54, 1.807) is 18.8 Å². The molecule has 6 N–H and O–H groups in total. The van der Waals surface area contributed by atoms with E-state index in [-0.39, 0.29) is 17.5 Å². The van der Waals surface area contributed by atoms with Gasteiger partial charge in [-0.15, -0.1) is 0 Å². The number of aliphatic hydroxyl groups excluding tert-OH is 2. The number of aliphatic imine (C=N–C) groups is 2. The normalized spacial score (nSPS) is 32.9. The Balaban J connectivity index is 1.66. The van der Waals surface area contributed by atoms with Crippen LogP contribution in [-0.2, 0) is 0 Å². The zero-order valence-electron chi connectivity index (χ0n) is 16.8. The van der Waals surface area contributed by atoms with Crippen LogP contribution in [0.5, 0.6) is 0 Å². The summed E-state index contributed by atoms with van der Waals surface area (Å²) in [7, 11) is 1.78. The lowest BCUT2D eigenvalue weighted by Gasteiger charge is -2.49. The van der Waals surface area contributed by atoms with Crippen molar-refractivity contribution in [2.75, 3.05) is 13.6 Å². The maximum atomic E-state index is 10.2. The lowest BCUT2D eigenvalue weighted by molar-refractivity contribution is 0.0352. The molecule has 0 spiro atoms. The number of rotatable bonds is 6. The standard InChI is InChI=1S/C19H32ClN5O2S/c1-19(2)9-23-18(17(22-3)25-19)28-12-5-4-10-8-11(15(10)16(12)20)24-14(27)7-6-13(21)26/h10-11,13-15,24,26-27H,4-9,21H2,1-3H3,(H,22,25)/t10?,11?,13?,14?,15-/m1/s1. The van der Waals surface area contributed by atoms with Gasteiger partial charge in [0.1, 0.15) is 17.5 Å². The molecule has 158 valence electrons. The van der Waals surface area contributed by atoms with Gasteiger partial charge in [0.05, 0.1) is 12.1 Å². The molecular formula is C19H32ClN5O2S. The molecule has 1 saturated carbocycles. The van der Waals surface area contributed by atoms with Crippen LogP contribution in [0.15, 0.2) is 19.9 Å². The Bertz CT molecular complexity index is 679. The number of allylic oxidation sites excluding steroid dienone is 1. The van der Waals surface area contributed by atoms with Crippen molar-refractivity contribution in [3.05, 3.63) is 9.94 Å². The number of nitrogens with two attached hydrogens (primary N) is 1. The molecule has 0 radical (unpaired) electrons. The van der Waals surface area contributed by atoms with Crippen molar-refractivity contribution >= 4 is 34.2 Å². The third-order valence-electron chi connectivity index (χ3n) is 5.66. The van der Waals surface area contributed by atoms with E-state index in [2.05, 4.69) is 29.5 Å². The summed E-state index contributed by atoms with van der Waals surface area (Å²) < 4.78 is 0. The van der Waals surface area contributed by atoms with E-state index in [4.69, 9.17) is 22.3 Å². The van der Waals surface area contributed by atoms with Crippen molar-refractivity contribution in [3.8, 4) is 0 Å². The van der Waals surface area contributed by atoms with E-state index in [9.17, 15) is 10.2 Å². The fourth-order valence-electron chi connectivity index (χ4n) is 4.09. The van der Waals surface area contributed by atoms with Crippen LogP contribution in [0.2, 0.25) is 0 Å². The molecule has 3 aliphatic rings. The van der Waals surface area contributed by atoms with E-state index >= 15 is 0 Å². The second-order valence-electron chi connectivity index (χ2n) is 8.57. The molecule has 1 aliphatic heterocycles. The largest absolute Gasteiger partial charge is 0.379 e. The number of thioether (sulfide) groups is 1. The van der Waals surface area contributed by atoms with Gasteiger partial charge in [0.2, 0.25) is 0 Å². The van der Waals surface area contributed by atoms with Crippen LogP contribution < -0.4 is 16.4 Å². The predicted molar refractivity (Wildman–Crippen MR) is 117 cm³/mol. The van der Waals surface area contributed by atoms with E-state index < -0.39 is 12.5 Å². The number of aliphatic hydroxyl groups is 2. The molecule has 9 heteroatoms.